The summed E-state index contributed by atoms with van der Waals surface area (Å²) in [7, 11) is 0. The lowest BCUT2D eigenvalue weighted by atomic mass is 9.97. The average molecular weight is 574 g/mol. The first kappa shape index (κ1) is 24.5. The number of pyridine rings is 2. The van der Waals surface area contributed by atoms with Crippen LogP contribution in [0.5, 0.6) is 0 Å². The van der Waals surface area contributed by atoms with Gasteiger partial charge in [0.2, 0.25) is 11.7 Å². The van der Waals surface area contributed by atoms with Crippen LogP contribution < -0.4 is 0 Å². The molecule has 10 nitrogen and oxygen atoms in total. The molecule has 1 aliphatic heterocycles. The zero-order valence-corrected chi connectivity index (χ0v) is 22.6. The zero-order chi connectivity index (χ0) is 26.8. The molecule has 5 heterocycles. The Morgan fingerprint density at radius 2 is 1.87 bits per heavy atom. The summed E-state index contributed by atoms with van der Waals surface area (Å²) >= 11 is 3.32. The van der Waals surface area contributed by atoms with Crippen molar-refractivity contribution in [2.45, 2.75) is 52.2 Å². The van der Waals surface area contributed by atoms with Crippen LogP contribution in [-0.4, -0.2) is 64.2 Å². The van der Waals surface area contributed by atoms with Gasteiger partial charge in [0, 0.05) is 36.3 Å². The third kappa shape index (κ3) is 4.10. The minimum absolute atomic E-state index is 0.00327. The molecule has 192 valence electrons. The molecule has 4 aromatic heterocycles. The normalized spacial score (nSPS) is 21.9. The van der Waals surface area contributed by atoms with E-state index in [-0.39, 0.29) is 41.2 Å². The van der Waals surface area contributed by atoms with Crippen LogP contribution in [0.3, 0.4) is 0 Å². The Balaban J connectivity index is 1.33. The van der Waals surface area contributed by atoms with Gasteiger partial charge in [-0.2, -0.15) is 5.10 Å². The van der Waals surface area contributed by atoms with E-state index in [1.165, 1.54) is 11.6 Å². The lowest BCUT2D eigenvalue weighted by Crippen LogP contribution is -2.45. The number of hydrogen-bond donors (Lipinski definition) is 0. The topological polar surface area (TPSA) is 124 Å². The number of Topliss-reactive ketones (excluding diaryl/α,β-unsaturated/α-hetero) is 2. The molecule has 1 aliphatic carbocycles. The van der Waals surface area contributed by atoms with Gasteiger partial charge in [0.25, 0.3) is 0 Å². The second-order valence-electron chi connectivity index (χ2n) is 10.3. The molecule has 1 saturated carbocycles. The SMILES string of the molecule is CC(=O)c1nn(CC(=O)N2C(C(=O)c3cccc(Br)n3)CC3(C)CC23)c2cnc(-c3cnc(C)nc3)cc12. The van der Waals surface area contributed by atoms with E-state index in [1.54, 1.807) is 54.7 Å². The number of carbonyl (C=O) groups is 3. The maximum atomic E-state index is 13.7. The van der Waals surface area contributed by atoms with E-state index in [9.17, 15) is 14.4 Å². The maximum Gasteiger partial charge on any atom is 0.245 e. The van der Waals surface area contributed by atoms with E-state index in [1.807, 2.05) is 0 Å². The highest BCUT2D eigenvalue weighted by atomic mass is 79.9. The van der Waals surface area contributed by atoms with Gasteiger partial charge in [-0.3, -0.25) is 24.0 Å². The monoisotopic (exact) mass is 573 g/mol. The molecule has 3 atom stereocenters. The van der Waals surface area contributed by atoms with Crippen molar-refractivity contribution in [3.05, 3.63) is 64.7 Å². The van der Waals surface area contributed by atoms with Crippen molar-refractivity contribution in [2.75, 3.05) is 0 Å². The highest BCUT2D eigenvalue weighted by molar-refractivity contribution is 9.10. The van der Waals surface area contributed by atoms with Crippen LogP contribution in [0.25, 0.3) is 22.2 Å². The van der Waals surface area contributed by atoms with Crippen molar-refractivity contribution in [1.82, 2.24) is 34.6 Å². The molecule has 0 bridgehead atoms. The summed E-state index contributed by atoms with van der Waals surface area (Å²) in [5.74, 6) is 0.0319. The molecule has 6 rings (SSSR count). The fourth-order valence-electron chi connectivity index (χ4n) is 5.42. The second kappa shape index (κ2) is 8.87. The number of nitrogens with zero attached hydrogens (tertiary/aromatic N) is 7. The van der Waals surface area contributed by atoms with Crippen LogP contribution >= 0.6 is 15.9 Å². The van der Waals surface area contributed by atoms with E-state index in [0.29, 0.717) is 44.7 Å². The highest BCUT2D eigenvalue weighted by Crippen LogP contribution is 2.59. The van der Waals surface area contributed by atoms with E-state index in [4.69, 9.17) is 0 Å². The molecular weight excluding hydrogens is 550 g/mol. The number of amides is 1. The number of aromatic nitrogens is 6. The Morgan fingerprint density at radius 1 is 1.11 bits per heavy atom. The Kier molecular flexibility index (Phi) is 5.71. The number of carbonyl (C=O) groups excluding carboxylic acids is 3. The summed E-state index contributed by atoms with van der Waals surface area (Å²) in [6.07, 6.45) is 6.41. The van der Waals surface area contributed by atoms with Crippen molar-refractivity contribution in [3.8, 4) is 11.3 Å². The number of piperidine rings is 1. The van der Waals surface area contributed by atoms with Gasteiger partial charge in [0.15, 0.2) is 5.78 Å². The van der Waals surface area contributed by atoms with Gasteiger partial charge in [-0.1, -0.05) is 13.0 Å². The standard InChI is InChI=1S/C27H24BrN7O3/c1-14(36)25-17-7-19(16-10-29-15(2)30-11-16)31-12-21(17)34(33-25)13-24(37)35-20(8-27(3)9-22(27)35)26(38)18-5-4-6-23(28)32-18/h4-7,10-12,20,22H,8-9,13H2,1-3H3. The van der Waals surface area contributed by atoms with Gasteiger partial charge in [-0.15, -0.1) is 0 Å². The molecule has 1 amide bonds. The van der Waals surface area contributed by atoms with Crippen LogP contribution in [0.4, 0.5) is 0 Å². The van der Waals surface area contributed by atoms with E-state index in [2.05, 4.69) is 47.9 Å². The van der Waals surface area contributed by atoms with E-state index in [0.717, 1.165) is 6.42 Å². The molecule has 4 aromatic rings. The molecule has 11 heteroatoms. The summed E-state index contributed by atoms with van der Waals surface area (Å²) in [5, 5.41) is 5.09. The number of ketones is 2. The molecule has 38 heavy (non-hydrogen) atoms. The number of fused-ring (bicyclic) bond motifs is 2. The molecule has 0 aromatic carbocycles. The van der Waals surface area contributed by atoms with E-state index < -0.39 is 6.04 Å². The first-order valence-corrected chi connectivity index (χ1v) is 13.1. The first-order valence-electron chi connectivity index (χ1n) is 12.3. The highest BCUT2D eigenvalue weighted by Gasteiger charge is 2.64. The van der Waals surface area contributed by atoms with Gasteiger partial charge in [0.1, 0.15) is 28.4 Å². The van der Waals surface area contributed by atoms with Crippen molar-refractivity contribution >= 4 is 44.3 Å². The third-order valence-corrected chi connectivity index (χ3v) is 7.97. The van der Waals surface area contributed by atoms with Crippen LogP contribution in [0.15, 0.2) is 47.5 Å². The predicted octanol–water partition coefficient (Wildman–Crippen LogP) is 3.82. The maximum absolute atomic E-state index is 13.7. The van der Waals surface area contributed by atoms with Gasteiger partial charge in [0.05, 0.1) is 23.4 Å². The number of rotatable bonds is 6. The van der Waals surface area contributed by atoms with Crippen molar-refractivity contribution in [3.63, 3.8) is 0 Å². The largest absolute Gasteiger partial charge is 0.327 e. The Labute approximate surface area is 226 Å². The molecule has 3 unspecified atom stereocenters. The van der Waals surface area contributed by atoms with Crippen molar-refractivity contribution < 1.29 is 14.4 Å². The lowest BCUT2D eigenvalue weighted by molar-refractivity contribution is -0.133. The molecule has 0 N–H and O–H groups in total. The smallest absolute Gasteiger partial charge is 0.245 e. The summed E-state index contributed by atoms with van der Waals surface area (Å²) in [6, 6.07) is 6.37. The summed E-state index contributed by atoms with van der Waals surface area (Å²) in [5.41, 5.74) is 2.38. The Bertz CT molecular complexity index is 1630. The molecule has 2 aliphatic rings. The number of halogens is 1. The molecule has 0 spiro atoms. The molecule has 2 fully saturated rings. The summed E-state index contributed by atoms with van der Waals surface area (Å²) in [6.45, 7) is 5.24. The molecular formula is C27H24BrN7O3. The second-order valence-corrected chi connectivity index (χ2v) is 11.1. The summed E-state index contributed by atoms with van der Waals surface area (Å²) < 4.78 is 2.08. The number of likely N-dealkylation sites (tertiary alicyclic amines) is 1. The minimum atomic E-state index is -0.589. The number of hydrogen-bond acceptors (Lipinski definition) is 8. The molecule has 0 radical (unpaired) electrons. The summed E-state index contributed by atoms with van der Waals surface area (Å²) in [4.78, 5) is 58.6. The van der Waals surface area contributed by atoms with Crippen molar-refractivity contribution in [2.24, 2.45) is 5.41 Å². The fraction of sp³-hybridized carbons (Fsp3) is 0.333. The predicted molar refractivity (Wildman–Crippen MR) is 141 cm³/mol. The average Bonchev–Trinajstić information content (AvgIpc) is 3.26. The van der Waals surface area contributed by atoms with Gasteiger partial charge in [-0.05, 0) is 59.3 Å². The van der Waals surface area contributed by atoms with Gasteiger partial charge >= 0.3 is 0 Å². The third-order valence-electron chi connectivity index (χ3n) is 7.53. The van der Waals surface area contributed by atoms with Crippen molar-refractivity contribution in [1.29, 1.82) is 0 Å². The van der Waals surface area contributed by atoms with Crippen LogP contribution in [0, 0.1) is 12.3 Å². The quantitative estimate of drug-likeness (QED) is 0.252. The zero-order valence-electron chi connectivity index (χ0n) is 21.1. The Hall–Kier alpha value is -3.86. The van der Waals surface area contributed by atoms with Gasteiger partial charge < -0.3 is 4.90 Å². The number of aryl methyl sites for hydroxylation is 1. The molecule has 1 saturated heterocycles. The lowest BCUT2D eigenvalue weighted by Gasteiger charge is -2.26. The fourth-order valence-corrected chi connectivity index (χ4v) is 5.77. The van der Waals surface area contributed by atoms with E-state index >= 15 is 0 Å². The first-order chi connectivity index (χ1) is 18.1. The van der Waals surface area contributed by atoms with Crippen LogP contribution in [0.1, 0.15) is 53.5 Å². The Morgan fingerprint density at radius 3 is 2.58 bits per heavy atom. The van der Waals surface area contributed by atoms with Crippen LogP contribution in [0.2, 0.25) is 0 Å². The minimum Gasteiger partial charge on any atom is -0.327 e. The van der Waals surface area contributed by atoms with Gasteiger partial charge in [-0.25, -0.2) is 15.0 Å². The van der Waals surface area contributed by atoms with Crippen LogP contribution in [-0.2, 0) is 11.3 Å².